The first-order valence-electron chi connectivity index (χ1n) is 9.00. The highest BCUT2D eigenvalue weighted by Crippen LogP contribution is 2.21. The van der Waals surface area contributed by atoms with E-state index in [1.165, 1.54) is 5.56 Å². The van der Waals surface area contributed by atoms with Crippen LogP contribution in [0.4, 0.5) is 5.69 Å². The van der Waals surface area contributed by atoms with Gasteiger partial charge < -0.3 is 11.1 Å². The summed E-state index contributed by atoms with van der Waals surface area (Å²) in [7, 11) is 0. The van der Waals surface area contributed by atoms with E-state index in [9.17, 15) is 4.79 Å². The van der Waals surface area contributed by atoms with E-state index in [1.807, 2.05) is 24.3 Å². The minimum atomic E-state index is 0. The van der Waals surface area contributed by atoms with Gasteiger partial charge in [-0.25, -0.2) is 0 Å². The molecule has 1 fully saturated rings. The molecule has 2 atom stereocenters. The number of carbonyl (C=O) groups is 1. The number of carbonyl (C=O) groups excluding carboxylic acids is 1. The lowest BCUT2D eigenvalue weighted by molar-refractivity contribution is -0.121. The van der Waals surface area contributed by atoms with Crippen LogP contribution in [-0.4, -0.2) is 29.9 Å². The molecule has 0 aliphatic carbocycles. The molecule has 1 amide bonds. The Bertz CT molecular complexity index is 690. The molecule has 2 unspecified atom stereocenters. The van der Waals surface area contributed by atoms with Crippen LogP contribution in [0.5, 0.6) is 0 Å². The average Bonchev–Trinajstić information content (AvgIpc) is 3.06. The number of rotatable bonds is 6. The van der Waals surface area contributed by atoms with Gasteiger partial charge in [0, 0.05) is 24.8 Å². The summed E-state index contributed by atoms with van der Waals surface area (Å²) in [6, 6.07) is 18.3. The zero-order valence-electron chi connectivity index (χ0n) is 15.2. The van der Waals surface area contributed by atoms with Crippen LogP contribution < -0.4 is 11.1 Å². The van der Waals surface area contributed by atoms with Gasteiger partial charge in [-0.3, -0.25) is 9.69 Å². The van der Waals surface area contributed by atoms with Crippen molar-refractivity contribution in [1.82, 2.24) is 10.2 Å². The monoisotopic (exact) mass is 373 g/mol. The third-order valence-electron chi connectivity index (χ3n) is 5.00. The number of hydrogen-bond acceptors (Lipinski definition) is 3. The maximum atomic E-state index is 12.3. The number of halogens is 1. The van der Waals surface area contributed by atoms with Crippen LogP contribution in [0.15, 0.2) is 54.6 Å². The second-order valence-corrected chi connectivity index (χ2v) is 7.04. The van der Waals surface area contributed by atoms with Gasteiger partial charge in [-0.05, 0) is 49.1 Å². The van der Waals surface area contributed by atoms with Crippen LogP contribution in [0.25, 0.3) is 0 Å². The highest BCUT2D eigenvalue weighted by Gasteiger charge is 2.27. The first-order valence-corrected chi connectivity index (χ1v) is 9.00. The smallest absolute Gasteiger partial charge is 0.224 e. The third-order valence-corrected chi connectivity index (χ3v) is 5.00. The largest absolute Gasteiger partial charge is 0.399 e. The Balaban J connectivity index is 0.00000243. The van der Waals surface area contributed by atoms with Gasteiger partial charge in [0.15, 0.2) is 0 Å². The maximum absolute atomic E-state index is 12.3. The summed E-state index contributed by atoms with van der Waals surface area (Å²) in [5, 5.41) is 3.17. The Kier molecular flexibility index (Phi) is 7.49. The topological polar surface area (TPSA) is 58.4 Å². The van der Waals surface area contributed by atoms with E-state index in [-0.39, 0.29) is 24.4 Å². The van der Waals surface area contributed by atoms with Crippen molar-refractivity contribution in [3.8, 4) is 0 Å². The molecule has 1 aliphatic rings. The normalized spacial score (nSPS) is 18.1. The van der Waals surface area contributed by atoms with Crippen molar-refractivity contribution in [2.45, 2.75) is 32.4 Å². The van der Waals surface area contributed by atoms with Crippen molar-refractivity contribution in [2.24, 2.45) is 5.92 Å². The zero-order chi connectivity index (χ0) is 17.6. The number of nitrogens with two attached hydrogens (primary N) is 1. The summed E-state index contributed by atoms with van der Waals surface area (Å²) in [5.41, 5.74) is 8.75. The predicted molar refractivity (Wildman–Crippen MR) is 109 cm³/mol. The van der Waals surface area contributed by atoms with Crippen LogP contribution >= 0.6 is 12.4 Å². The molecule has 2 aromatic carbocycles. The fourth-order valence-electron chi connectivity index (χ4n) is 3.50. The second kappa shape index (κ2) is 9.60. The summed E-state index contributed by atoms with van der Waals surface area (Å²) < 4.78 is 0. The Labute approximate surface area is 162 Å². The zero-order valence-corrected chi connectivity index (χ0v) is 16.0. The Hall–Kier alpha value is -2.04. The maximum Gasteiger partial charge on any atom is 0.224 e. The molecule has 4 nitrogen and oxygen atoms in total. The molecule has 26 heavy (non-hydrogen) atoms. The van der Waals surface area contributed by atoms with E-state index in [0.717, 1.165) is 37.3 Å². The molecule has 3 N–H and O–H groups in total. The van der Waals surface area contributed by atoms with Crippen LogP contribution in [0.1, 0.15) is 24.5 Å². The number of benzene rings is 2. The highest BCUT2D eigenvalue weighted by molar-refractivity contribution is 5.85. The lowest BCUT2D eigenvalue weighted by Gasteiger charge is -2.22. The number of anilines is 1. The van der Waals surface area contributed by atoms with Crippen molar-refractivity contribution in [1.29, 1.82) is 0 Å². The van der Waals surface area contributed by atoms with Gasteiger partial charge in [-0.1, -0.05) is 42.5 Å². The summed E-state index contributed by atoms with van der Waals surface area (Å²) in [6.45, 7) is 5.25. The summed E-state index contributed by atoms with van der Waals surface area (Å²) >= 11 is 0. The summed E-state index contributed by atoms with van der Waals surface area (Å²) in [5.74, 6) is 0.595. The van der Waals surface area contributed by atoms with Crippen LogP contribution in [-0.2, 0) is 17.8 Å². The Morgan fingerprint density at radius 2 is 1.85 bits per heavy atom. The van der Waals surface area contributed by atoms with Gasteiger partial charge in [0.2, 0.25) is 5.91 Å². The molecule has 0 saturated carbocycles. The lowest BCUT2D eigenvalue weighted by atomic mass is 10.00. The molecule has 2 aromatic rings. The van der Waals surface area contributed by atoms with Crippen LogP contribution in [0, 0.1) is 5.92 Å². The first kappa shape index (κ1) is 20.3. The van der Waals surface area contributed by atoms with E-state index in [2.05, 4.69) is 47.5 Å². The molecule has 140 valence electrons. The molecule has 1 heterocycles. The van der Waals surface area contributed by atoms with Gasteiger partial charge in [-0.2, -0.15) is 0 Å². The van der Waals surface area contributed by atoms with Gasteiger partial charge in [0.1, 0.15) is 0 Å². The van der Waals surface area contributed by atoms with Crippen molar-refractivity contribution in [3.05, 3.63) is 65.7 Å². The number of hydrogen-bond donors (Lipinski definition) is 2. The molecule has 0 aromatic heterocycles. The van der Waals surface area contributed by atoms with Gasteiger partial charge in [0.05, 0.1) is 6.42 Å². The molecule has 5 heteroatoms. The van der Waals surface area contributed by atoms with Crippen molar-refractivity contribution in [2.75, 3.05) is 18.8 Å². The third kappa shape index (κ3) is 5.75. The van der Waals surface area contributed by atoms with Crippen LogP contribution in [0.3, 0.4) is 0 Å². The highest BCUT2D eigenvalue weighted by atomic mass is 35.5. The lowest BCUT2D eigenvalue weighted by Crippen LogP contribution is -2.40. The standard InChI is InChI=1S/C21H27N3O.ClH/c1-16(23-21(25)13-17-7-9-20(22)10-8-17)19-11-12-24(15-19)14-18-5-3-2-4-6-18;/h2-10,16,19H,11-15,22H2,1H3,(H,23,25);1H. The Morgan fingerprint density at radius 3 is 2.54 bits per heavy atom. The molecule has 1 aliphatic heterocycles. The van der Waals surface area contributed by atoms with E-state index < -0.39 is 0 Å². The van der Waals surface area contributed by atoms with E-state index in [0.29, 0.717) is 12.3 Å². The summed E-state index contributed by atoms with van der Waals surface area (Å²) in [4.78, 5) is 14.8. The average molecular weight is 374 g/mol. The first-order chi connectivity index (χ1) is 12.1. The number of nitrogens with zero attached hydrogens (tertiary/aromatic N) is 1. The molecule has 1 saturated heterocycles. The minimum absolute atomic E-state index is 0. The fourth-order valence-corrected chi connectivity index (χ4v) is 3.50. The van der Waals surface area contributed by atoms with Crippen molar-refractivity contribution < 1.29 is 4.79 Å². The van der Waals surface area contributed by atoms with Gasteiger partial charge in [-0.15, -0.1) is 12.4 Å². The molecular weight excluding hydrogens is 346 g/mol. The predicted octanol–water partition coefficient (Wildman–Crippen LogP) is 3.26. The number of amides is 1. The van der Waals surface area contributed by atoms with Gasteiger partial charge in [0.25, 0.3) is 0 Å². The van der Waals surface area contributed by atoms with E-state index >= 15 is 0 Å². The second-order valence-electron chi connectivity index (χ2n) is 7.04. The van der Waals surface area contributed by atoms with Crippen molar-refractivity contribution in [3.63, 3.8) is 0 Å². The molecular formula is C21H28ClN3O. The minimum Gasteiger partial charge on any atom is -0.399 e. The van der Waals surface area contributed by atoms with Crippen LogP contribution in [0.2, 0.25) is 0 Å². The number of likely N-dealkylation sites (tertiary alicyclic amines) is 1. The Morgan fingerprint density at radius 1 is 1.15 bits per heavy atom. The molecule has 0 radical (unpaired) electrons. The molecule has 0 bridgehead atoms. The number of nitrogen functional groups attached to an aromatic ring is 1. The molecule has 3 rings (SSSR count). The van der Waals surface area contributed by atoms with E-state index in [4.69, 9.17) is 5.73 Å². The summed E-state index contributed by atoms with van der Waals surface area (Å²) in [6.07, 6.45) is 1.54. The number of nitrogens with one attached hydrogen (secondary N) is 1. The van der Waals surface area contributed by atoms with Gasteiger partial charge >= 0.3 is 0 Å². The van der Waals surface area contributed by atoms with E-state index in [1.54, 1.807) is 0 Å². The fraction of sp³-hybridized carbons (Fsp3) is 0.381. The van der Waals surface area contributed by atoms with Crippen molar-refractivity contribution >= 4 is 24.0 Å². The molecule has 0 spiro atoms. The SMILES string of the molecule is CC(NC(=O)Cc1ccc(N)cc1)C1CCN(Cc2ccccc2)C1.Cl. The quantitative estimate of drug-likeness (QED) is 0.764.